The Kier molecular flexibility index (Phi) is 17.4. The van der Waals surface area contributed by atoms with Gasteiger partial charge in [0, 0.05) is 0 Å². The fourth-order valence-corrected chi connectivity index (χ4v) is 32.9. The first kappa shape index (κ1) is 55.4. The van der Waals surface area contributed by atoms with E-state index < -0.39 is 33.1 Å². The van der Waals surface area contributed by atoms with E-state index in [0.717, 1.165) is 87.3 Å². The first-order valence-corrected chi connectivity index (χ1v) is 39.4. The van der Waals surface area contributed by atoms with Crippen LogP contribution < -0.4 is 35.6 Å². The van der Waals surface area contributed by atoms with Gasteiger partial charge in [-0.25, -0.2) is 0 Å². The molecule has 4 aliphatic rings. The number of nitrogens with zero attached hydrogens (tertiary/aromatic N) is 2. The molecule has 414 valence electrons. The van der Waals surface area contributed by atoms with Gasteiger partial charge in [-0.05, 0) is 24.8 Å². The van der Waals surface area contributed by atoms with Gasteiger partial charge in [0.25, 0.3) is 0 Å². The van der Waals surface area contributed by atoms with Crippen molar-refractivity contribution in [1.29, 1.82) is 0 Å². The average Bonchev–Trinajstić information content (AvgIpc) is 2.74. The zero-order valence-corrected chi connectivity index (χ0v) is 51.9. The van der Waals surface area contributed by atoms with Crippen molar-refractivity contribution in [3.63, 3.8) is 0 Å². The van der Waals surface area contributed by atoms with Crippen LogP contribution in [0.1, 0.15) is 137 Å². The van der Waals surface area contributed by atoms with Crippen LogP contribution in [-0.2, 0) is 25.7 Å². The molecule has 6 heteroatoms. The molecule has 2 fully saturated rings. The summed E-state index contributed by atoms with van der Waals surface area (Å²) >= 11 is -5.77. The van der Waals surface area contributed by atoms with Crippen LogP contribution in [0, 0.1) is 0 Å². The van der Waals surface area contributed by atoms with Gasteiger partial charge in [-0.3, -0.25) is 0 Å². The van der Waals surface area contributed by atoms with Crippen LogP contribution in [-0.4, -0.2) is 66.8 Å². The Hall–Kier alpha value is -6.18. The topological polar surface area (TPSA) is 24.5 Å². The van der Waals surface area contributed by atoms with Crippen LogP contribution in [0.3, 0.4) is 0 Å². The molecule has 4 nitrogen and oxygen atoms in total. The molecule has 3 unspecified atom stereocenters. The van der Waals surface area contributed by atoms with Gasteiger partial charge in [0.15, 0.2) is 0 Å². The number of hydrogen-bond acceptors (Lipinski definition) is 2. The molecule has 0 N–H and O–H groups in total. The van der Waals surface area contributed by atoms with E-state index in [4.69, 9.17) is 9.47 Å². The third kappa shape index (κ3) is 11.1. The zero-order valence-electron chi connectivity index (χ0n) is 48.2. The third-order valence-electron chi connectivity index (χ3n) is 18.3. The molecule has 0 aromatic heterocycles. The summed E-state index contributed by atoms with van der Waals surface area (Å²) in [5.74, 6) is 2.05. The molecule has 3 atom stereocenters. The maximum absolute atomic E-state index is 7.88. The summed E-state index contributed by atoms with van der Waals surface area (Å²) in [7, 11) is 0. The van der Waals surface area contributed by atoms with E-state index >= 15 is 0 Å². The zero-order chi connectivity index (χ0) is 54.9. The van der Waals surface area contributed by atoms with Gasteiger partial charge in [-0.15, -0.1) is 0 Å². The molecule has 1 saturated heterocycles. The molecule has 3 aliphatic heterocycles. The Bertz CT molecular complexity index is 3230. The SMILES string of the molecule is CCCCCc1cc2c(c(CCCCC)c1)OC13Oc4c(cc(CCCC[As](c5ccccc5)(c5ccccc5)c5ccccc5)cc4CCCC[As](c4ccccc4)(c4ccccc4)c4ccccc4)C=[N+]1C1CCCCC1[N+]3=C2. The minimum absolute atomic E-state index is 0.304. The van der Waals surface area contributed by atoms with Gasteiger partial charge in [0.2, 0.25) is 0 Å². The summed E-state index contributed by atoms with van der Waals surface area (Å²) in [4.78, 5) is 0. The van der Waals surface area contributed by atoms with E-state index in [2.05, 4.69) is 242 Å². The fourth-order valence-electron chi connectivity index (χ4n) is 14.4. The van der Waals surface area contributed by atoms with Gasteiger partial charge in [-0.2, -0.15) is 0 Å². The normalized spacial score (nSPS) is 18.0. The second kappa shape index (κ2) is 25.5. The maximum atomic E-state index is 7.88. The predicted octanol–water partition coefficient (Wildman–Crippen LogP) is 13.4. The van der Waals surface area contributed by atoms with Crippen molar-refractivity contribution in [2.24, 2.45) is 0 Å². The summed E-state index contributed by atoms with van der Waals surface area (Å²) in [5.41, 5.74) is 8.00. The average molecular weight is 1200 g/mol. The Morgan fingerprint density at radius 2 is 0.691 bits per heavy atom. The fraction of sp³-hybridized carbons (Fsp3) is 0.333. The first-order valence-electron chi connectivity index (χ1n) is 31.1. The second-order valence-corrected chi connectivity index (χ2v) is 38.7. The molecule has 1 saturated carbocycles. The first-order chi connectivity index (χ1) is 40.0. The van der Waals surface area contributed by atoms with Crippen molar-refractivity contribution < 1.29 is 18.6 Å². The number of hydrogen-bond donors (Lipinski definition) is 0. The van der Waals surface area contributed by atoms with Crippen molar-refractivity contribution in [1.82, 2.24) is 0 Å². The standard InChI is InChI=1S/C75H84As2N2O2/c1-3-5-13-33-59-53-61(35-14-6-4-2)73-63(55-59)57-78-71-49-27-28-50-72(71)79-58-64-56-60(34-29-31-51-76(65-37-15-7-16-38-65,66-39-17-8-18-40-66)67-41-19-9-20-42-67)54-62(74(64)81-75(78,79)80-73)36-30-32-52-77(68-43-21-10-22-44-68,69-45-23-11-24-46-69)70-47-25-12-26-48-70/h7-12,15-26,37-48,53-58,71-72H,3-6,13-14,27-36,49-52H2,1-2H3/q+2. The van der Waals surface area contributed by atoms with Crippen LogP contribution in [0.25, 0.3) is 0 Å². The van der Waals surface area contributed by atoms with E-state index in [1.54, 1.807) is 0 Å². The van der Waals surface area contributed by atoms with E-state index in [0.29, 0.717) is 12.1 Å². The molecule has 0 amide bonds. The van der Waals surface area contributed by atoms with Crippen LogP contribution in [0.5, 0.6) is 11.5 Å². The molecule has 1 spiro atoms. The minimum atomic E-state index is -2.91. The molecule has 3 heterocycles. The molecule has 8 aromatic carbocycles. The number of benzene rings is 8. The molecule has 2 radical (unpaired) electrons. The van der Waals surface area contributed by atoms with Crippen molar-refractivity contribution in [2.45, 2.75) is 158 Å². The second-order valence-electron chi connectivity index (χ2n) is 23.5. The summed E-state index contributed by atoms with van der Waals surface area (Å²) < 4.78 is 29.8. The molecular formula is C75H84As2N2O2+2. The van der Waals surface area contributed by atoms with Crippen molar-refractivity contribution >= 4 is 65.6 Å². The van der Waals surface area contributed by atoms with E-state index in [1.165, 1.54) is 110 Å². The van der Waals surface area contributed by atoms with Crippen LogP contribution in [0.4, 0.5) is 0 Å². The quantitative estimate of drug-likeness (QED) is 0.0342. The van der Waals surface area contributed by atoms with Crippen LogP contribution >= 0.6 is 0 Å². The molecule has 0 bridgehead atoms. The number of fused-ring (bicyclic) bond motifs is 5. The Morgan fingerprint density at radius 3 is 1.02 bits per heavy atom. The van der Waals surface area contributed by atoms with Gasteiger partial charge < -0.3 is 0 Å². The van der Waals surface area contributed by atoms with Crippen LogP contribution in [0.15, 0.2) is 206 Å². The predicted molar refractivity (Wildman–Crippen MR) is 344 cm³/mol. The summed E-state index contributed by atoms with van der Waals surface area (Å²) in [6.07, 6.45) is 25.6. The Morgan fingerprint density at radius 1 is 0.383 bits per heavy atom. The summed E-state index contributed by atoms with van der Waals surface area (Å²) in [6.45, 7) is 4.62. The van der Waals surface area contributed by atoms with Crippen molar-refractivity contribution in [2.75, 3.05) is 0 Å². The van der Waals surface area contributed by atoms with Crippen LogP contribution in [0.2, 0.25) is 10.4 Å². The molecule has 1 aliphatic carbocycles. The van der Waals surface area contributed by atoms with Crippen molar-refractivity contribution in [3.8, 4) is 11.5 Å². The van der Waals surface area contributed by atoms with E-state index in [9.17, 15) is 0 Å². The number of aryl methyl sites for hydroxylation is 4. The van der Waals surface area contributed by atoms with E-state index in [-0.39, 0.29) is 0 Å². The molecule has 81 heavy (non-hydrogen) atoms. The number of unbranched alkanes of at least 4 members (excludes halogenated alkanes) is 6. The number of rotatable bonds is 24. The monoisotopic (exact) mass is 1190 g/mol. The molecular weight excluding hydrogens is 1110 g/mol. The molecule has 12 rings (SSSR count). The van der Waals surface area contributed by atoms with E-state index in [1.807, 2.05) is 0 Å². The Labute approximate surface area is 489 Å². The van der Waals surface area contributed by atoms with Gasteiger partial charge in [0.05, 0.1) is 0 Å². The Balaban J connectivity index is 0.912. The molecule has 8 aromatic rings. The summed E-state index contributed by atoms with van der Waals surface area (Å²) in [5, 5.41) is 2.35. The van der Waals surface area contributed by atoms with Gasteiger partial charge in [0.1, 0.15) is 0 Å². The van der Waals surface area contributed by atoms with Gasteiger partial charge in [-0.1, -0.05) is 39.5 Å². The number of ether oxygens (including phenoxy) is 2. The van der Waals surface area contributed by atoms with Gasteiger partial charge >= 0.3 is 429 Å². The van der Waals surface area contributed by atoms with Crippen molar-refractivity contribution in [3.05, 3.63) is 240 Å². The summed E-state index contributed by atoms with van der Waals surface area (Å²) in [6, 6.07) is 78.7. The third-order valence-corrected chi connectivity index (χ3v) is 37.3.